The van der Waals surface area contributed by atoms with Crippen molar-refractivity contribution in [1.29, 1.82) is 10.5 Å². The van der Waals surface area contributed by atoms with E-state index in [-0.39, 0.29) is 16.7 Å². The first-order valence-corrected chi connectivity index (χ1v) is 4.66. The van der Waals surface area contributed by atoms with Crippen LogP contribution in [-0.2, 0) is 9.53 Å². The Morgan fingerprint density at radius 3 is 2.53 bits per heavy atom. The molecule has 5 heteroatoms. The fraction of sp³-hybridized carbons (Fsp3) is 0.167. The number of rotatable bonds is 3. The van der Waals surface area contributed by atoms with Gasteiger partial charge in [-0.05, 0) is 18.2 Å². The van der Waals surface area contributed by atoms with E-state index in [0.29, 0.717) is 0 Å². The molecule has 0 heterocycles. The van der Waals surface area contributed by atoms with Crippen LogP contribution in [-0.4, -0.2) is 18.9 Å². The molecule has 0 radical (unpaired) electrons. The number of nitrogens with zero attached hydrogens (tertiary/aromatic N) is 2. The smallest absolute Gasteiger partial charge is 0.313 e. The molecule has 0 amide bonds. The molecule has 0 saturated heterocycles. The first kappa shape index (κ1) is 12.4. The zero-order valence-electron chi connectivity index (χ0n) is 9.06. The molecule has 0 atom stereocenters. The molecule has 1 rings (SSSR count). The Bertz CT molecular complexity index is 550. The van der Waals surface area contributed by atoms with E-state index in [1.54, 1.807) is 0 Å². The van der Waals surface area contributed by atoms with Crippen molar-refractivity contribution in [3.05, 3.63) is 34.9 Å². The maximum Gasteiger partial charge on any atom is 0.313 e. The van der Waals surface area contributed by atoms with Crippen LogP contribution in [0.25, 0.3) is 0 Å². The van der Waals surface area contributed by atoms with Gasteiger partial charge in [0.25, 0.3) is 0 Å². The minimum absolute atomic E-state index is 0.0814. The van der Waals surface area contributed by atoms with Crippen LogP contribution in [0.1, 0.15) is 27.9 Å². The number of methoxy groups -OCH3 is 1. The van der Waals surface area contributed by atoms with E-state index in [9.17, 15) is 9.59 Å². The standard InChI is InChI=1S/C12H8N2O3/c1-17-12(16)5-11(15)10-3-2-8(6-13)4-9(10)7-14/h2-4H,5H2,1H3. The molecule has 0 aliphatic heterocycles. The lowest BCUT2D eigenvalue weighted by atomic mass is 10.0. The normalized spacial score (nSPS) is 8.88. The molecule has 1 aromatic rings. The lowest BCUT2D eigenvalue weighted by Crippen LogP contribution is -2.11. The molecule has 5 nitrogen and oxygen atoms in total. The fourth-order valence-electron chi connectivity index (χ4n) is 1.25. The number of benzene rings is 1. The summed E-state index contributed by atoms with van der Waals surface area (Å²) in [6.45, 7) is 0. The molecular formula is C12H8N2O3. The molecule has 17 heavy (non-hydrogen) atoms. The molecule has 0 saturated carbocycles. The van der Waals surface area contributed by atoms with Gasteiger partial charge in [0.1, 0.15) is 6.42 Å². The van der Waals surface area contributed by atoms with Crippen LogP contribution in [0.15, 0.2) is 18.2 Å². The van der Waals surface area contributed by atoms with E-state index in [4.69, 9.17) is 10.5 Å². The molecule has 0 bridgehead atoms. The van der Waals surface area contributed by atoms with Gasteiger partial charge in [0.2, 0.25) is 0 Å². The van der Waals surface area contributed by atoms with Gasteiger partial charge in [0.15, 0.2) is 5.78 Å². The predicted octanol–water partition coefficient (Wildman–Crippen LogP) is 1.18. The van der Waals surface area contributed by atoms with Crippen LogP contribution in [0.4, 0.5) is 0 Å². The average Bonchev–Trinajstić information content (AvgIpc) is 2.37. The lowest BCUT2D eigenvalue weighted by Gasteiger charge is -2.02. The van der Waals surface area contributed by atoms with E-state index >= 15 is 0 Å². The van der Waals surface area contributed by atoms with Crippen molar-refractivity contribution in [1.82, 2.24) is 0 Å². The molecule has 0 aliphatic rings. The third-order valence-electron chi connectivity index (χ3n) is 2.10. The largest absolute Gasteiger partial charge is 0.469 e. The summed E-state index contributed by atoms with van der Waals surface area (Å²) in [4.78, 5) is 22.6. The average molecular weight is 228 g/mol. The van der Waals surface area contributed by atoms with Gasteiger partial charge in [0.05, 0.1) is 30.4 Å². The lowest BCUT2D eigenvalue weighted by molar-refractivity contribution is -0.139. The van der Waals surface area contributed by atoms with Crippen molar-refractivity contribution in [2.75, 3.05) is 7.11 Å². The molecule has 0 aliphatic carbocycles. The Morgan fingerprint density at radius 2 is 2.00 bits per heavy atom. The highest BCUT2D eigenvalue weighted by atomic mass is 16.5. The van der Waals surface area contributed by atoms with Gasteiger partial charge in [-0.3, -0.25) is 9.59 Å². The first-order chi connectivity index (χ1) is 8.12. The van der Waals surface area contributed by atoms with Gasteiger partial charge in [-0.15, -0.1) is 0 Å². The second-order valence-corrected chi connectivity index (χ2v) is 3.16. The van der Waals surface area contributed by atoms with Crippen LogP contribution in [0.5, 0.6) is 0 Å². The number of nitriles is 2. The van der Waals surface area contributed by atoms with Crippen LogP contribution in [0.3, 0.4) is 0 Å². The highest BCUT2D eigenvalue weighted by Gasteiger charge is 2.16. The second-order valence-electron chi connectivity index (χ2n) is 3.16. The van der Waals surface area contributed by atoms with Crippen molar-refractivity contribution in [3.63, 3.8) is 0 Å². The van der Waals surface area contributed by atoms with Crippen molar-refractivity contribution in [3.8, 4) is 12.1 Å². The molecule has 84 valence electrons. The number of Topliss-reactive ketones (excluding diaryl/α,β-unsaturated/α-hetero) is 1. The van der Waals surface area contributed by atoms with Crippen LogP contribution >= 0.6 is 0 Å². The highest BCUT2D eigenvalue weighted by molar-refractivity contribution is 6.07. The van der Waals surface area contributed by atoms with Gasteiger partial charge in [0, 0.05) is 5.56 Å². The Hall–Kier alpha value is -2.66. The SMILES string of the molecule is COC(=O)CC(=O)c1ccc(C#N)cc1C#N. The Labute approximate surface area is 97.8 Å². The van der Waals surface area contributed by atoms with Gasteiger partial charge in [-0.1, -0.05) is 0 Å². The Kier molecular flexibility index (Phi) is 3.96. The molecule has 0 spiro atoms. The van der Waals surface area contributed by atoms with Crippen molar-refractivity contribution in [2.24, 2.45) is 0 Å². The van der Waals surface area contributed by atoms with Crippen molar-refractivity contribution in [2.45, 2.75) is 6.42 Å². The summed E-state index contributed by atoms with van der Waals surface area (Å²) in [6.07, 6.45) is -0.420. The molecule has 0 N–H and O–H groups in total. The monoisotopic (exact) mass is 228 g/mol. The third-order valence-corrected chi connectivity index (χ3v) is 2.10. The summed E-state index contributed by atoms with van der Waals surface area (Å²) in [7, 11) is 1.18. The molecular weight excluding hydrogens is 220 g/mol. The van der Waals surface area contributed by atoms with Crippen molar-refractivity contribution >= 4 is 11.8 Å². The quantitative estimate of drug-likeness (QED) is 0.440. The highest BCUT2D eigenvalue weighted by Crippen LogP contribution is 2.13. The topological polar surface area (TPSA) is 90.9 Å². The number of carbonyl (C=O) groups is 2. The maximum absolute atomic E-state index is 11.7. The second kappa shape index (κ2) is 5.43. The summed E-state index contributed by atoms with van der Waals surface area (Å²) in [5, 5.41) is 17.5. The summed E-state index contributed by atoms with van der Waals surface area (Å²) in [5.74, 6) is -1.17. The van der Waals surface area contributed by atoms with Gasteiger partial charge >= 0.3 is 5.97 Å². The zero-order chi connectivity index (χ0) is 12.8. The predicted molar refractivity (Wildman–Crippen MR) is 56.8 cm³/mol. The summed E-state index contributed by atoms with van der Waals surface area (Å²) in [6, 6.07) is 7.78. The van der Waals surface area contributed by atoms with Crippen LogP contribution in [0.2, 0.25) is 0 Å². The van der Waals surface area contributed by atoms with Gasteiger partial charge < -0.3 is 4.74 Å². The molecule has 1 aromatic carbocycles. The van der Waals surface area contributed by atoms with Crippen LogP contribution < -0.4 is 0 Å². The molecule has 0 unspecified atom stereocenters. The minimum atomic E-state index is -0.664. The van der Waals surface area contributed by atoms with Gasteiger partial charge in [-0.25, -0.2) is 0 Å². The summed E-state index contributed by atoms with van der Waals surface area (Å²) < 4.78 is 4.37. The molecule has 0 fully saturated rings. The van der Waals surface area contributed by atoms with Crippen molar-refractivity contribution < 1.29 is 14.3 Å². The van der Waals surface area contributed by atoms with E-state index in [1.165, 1.54) is 25.3 Å². The number of hydrogen-bond acceptors (Lipinski definition) is 5. The fourth-order valence-corrected chi connectivity index (χ4v) is 1.25. The maximum atomic E-state index is 11.7. The number of carbonyl (C=O) groups excluding carboxylic acids is 2. The van der Waals surface area contributed by atoms with E-state index in [1.807, 2.05) is 12.1 Å². The Balaban J connectivity index is 3.07. The number of ether oxygens (including phenoxy) is 1. The number of esters is 1. The number of hydrogen-bond donors (Lipinski definition) is 0. The number of ketones is 1. The summed E-state index contributed by atoms with van der Waals surface area (Å²) >= 11 is 0. The van der Waals surface area contributed by atoms with E-state index < -0.39 is 18.2 Å². The van der Waals surface area contributed by atoms with E-state index in [0.717, 1.165) is 0 Å². The molecule has 0 aromatic heterocycles. The zero-order valence-corrected chi connectivity index (χ0v) is 9.06. The summed E-state index contributed by atoms with van der Waals surface area (Å²) in [5.41, 5.74) is 0.492. The first-order valence-electron chi connectivity index (χ1n) is 4.66. The Morgan fingerprint density at radius 1 is 1.29 bits per heavy atom. The minimum Gasteiger partial charge on any atom is -0.469 e. The van der Waals surface area contributed by atoms with E-state index in [2.05, 4.69) is 4.74 Å². The third kappa shape index (κ3) is 2.90. The van der Waals surface area contributed by atoms with Gasteiger partial charge in [-0.2, -0.15) is 10.5 Å². The van der Waals surface area contributed by atoms with Crippen LogP contribution in [0, 0.1) is 22.7 Å².